The van der Waals surface area contributed by atoms with Gasteiger partial charge in [-0.3, -0.25) is 4.79 Å². The fourth-order valence-corrected chi connectivity index (χ4v) is 3.06. The standard InChI is InChI=1S/C22H18FN3O2/c1-14-5-4-10-26-13-19(25-21(14)26)15-6-3-7-17(11-15)24-22(27)16-8-9-20(28-2)18(23)12-16/h3-13H,1-2H3,(H,24,27). The number of aromatic nitrogens is 2. The zero-order valence-corrected chi connectivity index (χ0v) is 15.4. The van der Waals surface area contributed by atoms with Crippen molar-refractivity contribution >= 4 is 17.2 Å². The van der Waals surface area contributed by atoms with Gasteiger partial charge in [-0.05, 0) is 48.9 Å². The summed E-state index contributed by atoms with van der Waals surface area (Å²) in [6.07, 6.45) is 3.89. The first-order valence-corrected chi connectivity index (χ1v) is 8.75. The van der Waals surface area contributed by atoms with Crippen LogP contribution in [0.25, 0.3) is 16.9 Å². The Bertz CT molecular complexity index is 1180. The van der Waals surface area contributed by atoms with Crippen LogP contribution >= 0.6 is 0 Å². The molecule has 2 heterocycles. The Morgan fingerprint density at radius 1 is 1.14 bits per heavy atom. The molecule has 0 aliphatic carbocycles. The number of aryl methyl sites for hydroxylation is 1. The number of carbonyl (C=O) groups is 1. The molecule has 4 rings (SSSR count). The maximum atomic E-state index is 13.9. The maximum absolute atomic E-state index is 13.9. The lowest BCUT2D eigenvalue weighted by molar-refractivity contribution is 0.102. The van der Waals surface area contributed by atoms with E-state index >= 15 is 0 Å². The first-order chi connectivity index (χ1) is 13.5. The molecule has 0 saturated carbocycles. The van der Waals surface area contributed by atoms with Gasteiger partial charge in [-0.2, -0.15) is 0 Å². The molecule has 4 aromatic rings. The molecule has 0 spiro atoms. The Labute approximate surface area is 161 Å². The second kappa shape index (κ2) is 7.15. The van der Waals surface area contributed by atoms with Gasteiger partial charge in [-0.15, -0.1) is 0 Å². The van der Waals surface area contributed by atoms with Gasteiger partial charge in [0, 0.05) is 29.2 Å². The molecule has 0 aliphatic rings. The minimum Gasteiger partial charge on any atom is -0.494 e. The zero-order chi connectivity index (χ0) is 19.7. The van der Waals surface area contributed by atoms with E-state index in [2.05, 4.69) is 10.3 Å². The van der Waals surface area contributed by atoms with Crippen molar-refractivity contribution < 1.29 is 13.9 Å². The predicted molar refractivity (Wildman–Crippen MR) is 106 cm³/mol. The van der Waals surface area contributed by atoms with Gasteiger partial charge in [0.05, 0.1) is 12.8 Å². The van der Waals surface area contributed by atoms with Gasteiger partial charge in [0.1, 0.15) is 5.65 Å². The van der Waals surface area contributed by atoms with Crippen molar-refractivity contribution in [1.82, 2.24) is 9.38 Å². The molecule has 1 N–H and O–H groups in total. The lowest BCUT2D eigenvalue weighted by Crippen LogP contribution is -2.12. The van der Waals surface area contributed by atoms with Crippen LogP contribution in [-0.4, -0.2) is 22.4 Å². The van der Waals surface area contributed by atoms with Crippen molar-refractivity contribution in [1.29, 1.82) is 0 Å². The van der Waals surface area contributed by atoms with E-state index in [-0.39, 0.29) is 11.3 Å². The van der Waals surface area contributed by atoms with Crippen LogP contribution in [0.3, 0.4) is 0 Å². The maximum Gasteiger partial charge on any atom is 0.255 e. The van der Waals surface area contributed by atoms with E-state index in [4.69, 9.17) is 4.74 Å². The number of fused-ring (bicyclic) bond motifs is 1. The van der Waals surface area contributed by atoms with Crippen LogP contribution in [0.5, 0.6) is 5.75 Å². The minimum atomic E-state index is -0.580. The van der Waals surface area contributed by atoms with Crippen LogP contribution < -0.4 is 10.1 Å². The van der Waals surface area contributed by atoms with Gasteiger partial charge < -0.3 is 14.5 Å². The average Bonchev–Trinajstić information content (AvgIpc) is 3.14. The zero-order valence-electron chi connectivity index (χ0n) is 15.4. The first-order valence-electron chi connectivity index (χ1n) is 8.75. The second-order valence-electron chi connectivity index (χ2n) is 6.43. The summed E-state index contributed by atoms with van der Waals surface area (Å²) >= 11 is 0. The van der Waals surface area contributed by atoms with Crippen molar-refractivity contribution in [3.63, 3.8) is 0 Å². The predicted octanol–water partition coefficient (Wildman–Crippen LogP) is 4.71. The number of rotatable bonds is 4. The Morgan fingerprint density at radius 3 is 2.75 bits per heavy atom. The number of pyridine rings is 1. The number of methoxy groups -OCH3 is 1. The highest BCUT2D eigenvalue weighted by molar-refractivity contribution is 6.04. The molecule has 0 fully saturated rings. The van der Waals surface area contributed by atoms with Gasteiger partial charge in [-0.1, -0.05) is 18.2 Å². The number of hydrogen-bond donors (Lipinski definition) is 1. The molecule has 1 amide bonds. The Morgan fingerprint density at radius 2 is 2.00 bits per heavy atom. The number of imidazole rings is 1. The average molecular weight is 375 g/mol. The van der Waals surface area contributed by atoms with Gasteiger partial charge in [-0.25, -0.2) is 9.37 Å². The summed E-state index contributed by atoms with van der Waals surface area (Å²) in [4.78, 5) is 17.1. The fraction of sp³-hybridized carbons (Fsp3) is 0.0909. The molecular formula is C22H18FN3O2. The molecule has 0 atom stereocenters. The quantitative estimate of drug-likeness (QED) is 0.562. The number of anilines is 1. The first kappa shape index (κ1) is 17.7. The summed E-state index contributed by atoms with van der Waals surface area (Å²) in [7, 11) is 1.38. The van der Waals surface area contributed by atoms with Crippen LogP contribution in [0.1, 0.15) is 15.9 Å². The number of ether oxygens (including phenoxy) is 1. The number of amides is 1. The number of carbonyl (C=O) groups excluding carboxylic acids is 1. The number of halogens is 1. The molecule has 0 radical (unpaired) electrons. The fourth-order valence-electron chi connectivity index (χ4n) is 3.06. The van der Waals surface area contributed by atoms with Gasteiger partial charge in [0.2, 0.25) is 0 Å². The lowest BCUT2D eigenvalue weighted by Gasteiger charge is -2.08. The molecule has 28 heavy (non-hydrogen) atoms. The molecule has 140 valence electrons. The van der Waals surface area contributed by atoms with Crippen molar-refractivity contribution in [2.45, 2.75) is 6.92 Å². The third kappa shape index (κ3) is 3.32. The van der Waals surface area contributed by atoms with Crippen molar-refractivity contribution in [2.24, 2.45) is 0 Å². The van der Waals surface area contributed by atoms with Gasteiger partial charge >= 0.3 is 0 Å². The van der Waals surface area contributed by atoms with E-state index in [0.717, 1.165) is 28.5 Å². The monoisotopic (exact) mass is 375 g/mol. The van der Waals surface area contributed by atoms with Crippen LogP contribution in [0.15, 0.2) is 67.0 Å². The summed E-state index contributed by atoms with van der Waals surface area (Å²) in [5.74, 6) is -0.880. The highest BCUT2D eigenvalue weighted by Crippen LogP contribution is 2.24. The molecule has 0 bridgehead atoms. The van der Waals surface area contributed by atoms with Crippen LogP contribution in [0.2, 0.25) is 0 Å². The number of nitrogens with zero attached hydrogens (tertiary/aromatic N) is 2. The number of benzene rings is 2. The van der Waals surface area contributed by atoms with Crippen molar-refractivity contribution in [3.8, 4) is 17.0 Å². The minimum absolute atomic E-state index is 0.0979. The largest absolute Gasteiger partial charge is 0.494 e. The molecule has 2 aromatic carbocycles. The molecule has 0 aliphatic heterocycles. The van der Waals surface area contributed by atoms with Crippen LogP contribution in [-0.2, 0) is 0 Å². The van der Waals surface area contributed by atoms with Crippen LogP contribution in [0, 0.1) is 12.7 Å². The van der Waals surface area contributed by atoms with Gasteiger partial charge in [0.25, 0.3) is 5.91 Å². The summed E-state index contributed by atoms with van der Waals surface area (Å²) in [6, 6.07) is 15.5. The van der Waals surface area contributed by atoms with E-state index in [0.29, 0.717) is 5.69 Å². The molecule has 0 unspecified atom stereocenters. The van der Waals surface area contributed by atoms with E-state index in [1.165, 1.54) is 19.2 Å². The molecule has 5 nitrogen and oxygen atoms in total. The summed E-state index contributed by atoms with van der Waals surface area (Å²) in [6.45, 7) is 2.01. The highest BCUT2D eigenvalue weighted by atomic mass is 19.1. The smallest absolute Gasteiger partial charge is 0.255 e. The molecule has 2 aromatic heterocycles. The third-order valence-corrected chi connectivity index (χ3v) is 4.51. The van der Waals surface area contributed by atoms with Gasteiger partial charge in [0.15, 0.2) is 11.6 Å². The van der Waals surface area contributed by atoms with Crippen molar-refractivity contribution in [2.75, 3.05) is 12.4 Å². The second-order valence-corrected chi connectivity index (χ2v) is 6.43. The van der Waals surface area contributed by atoms with E-state index < -0.39 is 11.7 Å². The lowest BCUT2D eigenvalue weighted by atomic mass is 10.1. The Kier molecular flexibility index (Phi) is 4.53. The van der Waals surface area contributed by atoms with E-state index in [9.17, 15) is 9.18 Å². The summed E-state index contributed by atoms with van der Waals surface area (Å²) < 4.78 is 20.7. The number of nitrogens with one attached hydrogen (secondary N) is 1. The highest BCUT2D eigenvalue weighted by Gasteiger charge is 2.12. The normalized spacial score (nSPS) is 10.8. The SMILES string of the molecule is COc1ccc(C(=O)Nc2cccc(-c3cn4cccc(C)c4n3)c2)cc1F. The topological polar surface area (TPSA) is 55.6 Å². The third-order valence-electron chi connectivity index (χ3n) is 4.51. The Hall–Kier alpha value is -3.67. The molecule has 6 heteroatoms. The van der Waals surface area contributed by atoms with Crippen LogP contribution in [0.4, 0.5) is 10.1 Å². The summed E-state index contributed by atoms with van der Waals surface area (Å²) in [5, 5.41) is 2.80. The summed E-state index contributed by atoms with van der Waals surface area (Å²) in [5.41, 5.74) is 4.47. The molecule has 0 saturated heterocycles. The Balaban J connectivity index is 1.60. The van der Waals surface area contributed by atoms with E-state index in [1.807, 2.05) is 54.0 Å². The number of hydrogen-bond acceptors (Lipinski definition) is 3. The van der Waals surface area contributed by atoms with Crippen molar-refractivity contribution in [3.05, 3.63) is 83.9 Å². The molecular weight excluding hydrogens is 357 g/mol. The van der Waals surface area contributed by atoms with E-state index in [1.54, 1.807) is 6.07 Å².